The van der Waals surface area contributed by atoms with Crippen molar-refractivity contribution in [2.75, 3.05) is 27.8 Å². The lowest BCUT2D eigenvalue weighted by Crippen LogP contribution is -2.51. The Morgan fingerprint density at radius 1 is 1.28 bits per heavy atom. The molecule has 0 bridgehead atoms. The molecule has 2 N–H and O–H groups in total. The molecule has 0 heterocycles. The van der Waals surface area contributed by atoms with Crippen molar-refractivity contribution in [1.29, 1.82) is 0 Å². The molecule has 0 radical (unpaired) electrons. The molecular weight excluding hydrogens is 228 g/mol. The second-order valence-corrected chi connectivity index (χ2v) is 4.85. The van der Waals surface area contributed by atoms with E-state index in [-0.39, 0.29) is 5.66 Å². The third kappa shape index (κ3) is 3.62. The van der Waals surface area contributed by atoms with Crippen LogP contribution in [0.3, 0.4) is 0 Å². The van der Waals surface area contributed by atoms with Crippen molar-refractivity contribution in [2.24, 2.45) is 5.73 Å². The molecule has 0 aliphatic rings. The van der Waals surface area contributed by atoms with Gasteiger partial charge in [0.2, 0.25) is 0 Å². The van der Waals surface area contributed by atoms with Gasteiger partial charge in [0.1, 0.15) is 0 Å². The van der Waals surface area contributed by atoms with Crippen LogP contribution in [0.5, 0.6) is 11.5 Å². The highest BCUT2D eigenvalue weighted by molar-refractivity contribution is 5.43. The minimum absolute atomic E-state index is 0.377. The van der Waals surface area contributed by atoms with Gasteiger partial charge in [-0.15, -0.1) is 0 Å². The smallest absolute Gasteiger partial charge is 0.161 e. The molecule has 0 amide bonds. The van der Waals surface area contributed by atoms with E-state index in [4.69, 9.17) is 15.2 Å². The van der Waals surface area contributed by atoms with Crippen molar-refractivity contribution in [3.05, 3.63) is 23.8 Å². The first kappa shape index (κ1) is 14.8. The summed E-state index contributed by atoms with van der Waals surface area (Å²) in [6.07, 6.45) is 0.754. The second-order valence-electron chi connectivity index (χ2n) is 4.85. The summed E-state index contributed by atoms with van der Waals surface area (Å²) in [5.41, 5.74) is 7.00. The number of hydrogen-bond donors (Lipinski definition) is 1. The van der Waals surface area contributed by atoms with E-state index in [0.717, 1.165) is 23.5 Å². The topological polar surface area (TPSA) is 47.7 Å². The average Bonchev–Trinajstić information content (AvgIpc) is 2.29. The van der Waals surface area contributed by atoms with Crippen molar-refractivity contribution in [1.82, 2.24) is 4.90 Å². The maximum Gasteiger partial charge on any atom is 0.161 e. The molecule has 0 aliphatic heterocycles. The van der Waals surface area contributed by atoms with Gasteiger partial charge >= 0.3 is 0 Å². The summed E-state index contributed by atoms with van der Waals surface area (Å²) in [7, 11) is 5.60. The molecule has 0 fully saturated rings. The van der Waals surface area contributed by atoms with Crippen LogP contribution in [0.25, 0.3) is 0 Å². The number of benzene rings is 1. The lowest BCUT2D eigenvalue weighted by molar-refractivity contribution is 0.180. The van der Waals surface area contributed by atoms with E-state index in [1.807, 2.05) is 51.0 Å². The molecule has 102 valence electrons. The number of ether oxygens (including phenoxy) is 2. The van der Waals surface area contributed by atoms with Gasteiger partial charge in [0.25, 0.3) is 0 Å². The Bertz CT molecular complexity index is 389. The Hall–Kier alpha value is -1.26. The van der Waals surface area contributed by atoms with Gasteiger partial charge in [0.15, 0.2) is 11.5 Å². The zero-order valence-corrected chi connectivity index (χ0v) is 12.0. The Morgan fingerprint density at radius 2 is 1.94 bits per heavy atom. The number of rotatable bonds is 6. The van der Waals surface area contributed by atoms with Crippen LogP contribution in [0, 0.1) is 0 Å². The molecule has 1 unspecified atom stereocenters. The monoisotopic (exact) mass is 252 g/mol. The predicted molar refractivity (Wildman–Crippen MR) is 74.1 cm³/mol. The van der Waals surface area contributed by atoms with Crippen LogP contribution >= 0.6 is 0 Å². The van der Waals surface area contributed by atoms with Crippen molar-refractivity contribution in [2.45, 2.75) is 25.9 Å². The van der Waals surface area contributed by atoms with Crippen LogP contribution < -0.4 is 15.2 Å². The van der Waals surface area contributed by atoms with E-state index in [0.29, 0.717) is 6.61 Å². The number of nitrogens with two attached hydrogens (primary N) is 1. The highest BCUT2D eigenvalue weighted by atomic mass is 16.5. The van der Waals surface area contributed by atoms with Crippen LogP contribution in [-0.4, -0.2) is 38.4 Å². The summed E-state index contributed by atoms with van der Waals surface area (Å²) in [5, 5.41) is 0. The van der Waals surface area contributed by atoms with E-state index in [1.54, 1.807) is 7.11 Å². The van der Waals surface area contributed by atoms with Gasteiger partial charge in [-0.1, -0.05) is 6.07 Å². The first-order chi connectivity index (χ1) is 8.40. The predicted octanol–water partition coefficient (Wildman–Crippen LogP) is 1.87. The van der Waals surface area contributed by atoms with Crippen LogP contribution in [-0.2, 0) is 6.42 Å². The Labute approximate surface area is 110 Å². The Balaban J connectivity index is 2.94. The van der Waals surface area contributed by atoms with E-state index in [9.17, 15) is 0 Å². The number of methoxy groups -OCH3 is 1. The fourth-order valence-electron chi connectivity index (χ4n) is 1.67. The van der Waals surface area contributed by atoms with Gasteiger partial charge in [0, 0.05) is 6.42 Å². The highest BCUT2D eigenvalue weighted by Crippen LogP contribution is 2.29. The summed E-state index contributed by atoms with van der Waals surface area (Å²) in [6, 6.07) is 5.94. The van der Waals surface area contributed by atoms with E-state index < -0.39 is 0 Å². The summed E-state index contributed by atoms with van der Waals surface area (Å²) in [4.78, 5) is 2.01. The molecule has 0 saturated heterocycles. The third-order valence-electron chi connectivity index (χ3n) is 3.11. The fraction of sp³-hybridized carbons (Fsp3) is 0.571. The summed E-state index contributed by atoms with van der Waals surface area (Å²) < 4.78 is 10.8. The first-order valence-electron chi connectivity index (χ1n) is 6.16. The quantitative estimate of drug-likeness (QED) is 0.785. The van der Waals surface area contributed by atoms with Gasteiger partial charge in [-0.3, -0.25) is 4.90 Å². The largest absolute Gasteiger partial charge is 0.493 e. The third-order valence-corrected chi connectivity index (χ3v) is 3.11. The number of hydrogen-bond acceptors (Lipinski definition) is 4. The molecule has 0 aromatic heterocycles. The molecule has 1 aromatic carbocycles. The molecule has 1 aromatic rings. The standard InChI is InChI=1S/C14H24N2O2/c1-6-18-13-9-11(7-8-12(13)17-5)10-14(2,15)16(3)4/h7-9H,6,10,15H2,1-5H3. The number of nitrogens with zero attached hydrogens (tertiary/aromatic N) is 1. The highest BCUT2D eigenvalue weighted by Gasteiger charge is 2.22. The lowest BCUT2D eigenvalue weighted by atomic mass is 10.0. The fourth-order valence-corrected chi connectivity index (χ4v) is 1.67. The van der Waals surface area contributed by atoms with Gasteiger partial charge in [-0.25, -0.2) is 0 Å². The molecule has 18 heavy (non-hydrogen) atoms. The van der Waals surface area contributed by atoms with E-state index in [1.165, 1.54) is 0 Å². The molecule has 1 rings (SSSR count). The SMILES string of the molecule is CCOc1cc(CC(C)(N)N(C)C)ccc1OC. The van der Waals surface area contributed by atoms with E-state index in [2.05, 4.69) is 0 Å². The van der Waals surface area contributed by atoms with Gasteiger partial charge in [-0.05, 0) is 45.6 Å². The molecule has 1 atom stereocenters. The summed E-state index contributed by atoms with van der Waals surface area (Å²) >= 11 is 0. The zero-order chi connectivity index (χ0) is 13.8. The normalized spacial score (nSPS) is 14.4. The Kier molecular flexibility index (Phi) is 4.99. The average molecular weight is 252 g/mol. The van der Waals surface area contributed by atoms with Gasteiger partial charge in [-0.2, -0.15) is 0 Å². The molecule has 4 nitrogen and oxygen atoms in total. The minimum atomic E-state index is -0.377. The lowest BCUT2D eigenvalue weighted by Gasteiger charge is -2.32. The van der Waals surface area contributed by atoms with Gasteiger partial charge in [0.05, 0.1) is 19.4 Å². The van der Waals surface area contributed by atoms with Crippen molar-refractivity contribution < 1.29 is 9.47 Å². The van der Waals surface area contributed by atoms with Crippen molar-refractivity contribution in [3.8, 4) is 11.5 Å². The van der Waals surface area contributed by atoms with Gasteiger partial charge < -0.3 is 15.2 Å². The molecule has 0 saturated carbocycles. The Morgan fingerprint density at radius 3 is 2.44 bits per heavy atom. The minimum Gasteiger partial charge on any atom is -0.493 e. The first-order valence-corrected chi connectivity index (χ1v) is 6.16. The van der Waals surface area contributed by atoms with Crippen molar-refractivity contribution >= 4 is 0 Å². The maximum absolute atomic E-state index is 6.24. The molecule has 4 heteroatoms. The summed E-state index contributed by atoms with van der Waals surface area (Å²) in [6.45, 7) is 4.59. The van der Waals surface area contributed by atoms with Crippen LogP contribution in [0.15, 0.2) is 18.2 Å². The number of likely N-dealkylation sites (N-methyl/N-ethyl adjacent to an activating group) is 1. The van der Waals surface area contributed by atoms with Crippen LogP contribution in [0.1, 0.15) is 19.4 Å². The molecule has 0 aliphatic carbocycles. The van der Waals surface area contributed by atoms with Crippen LogP contribution in [0.4, 0.5) is 0 Å². The zero-order valence-electron chi connectivity index (χ0n) is 12.0. The maximum atomic E-state index is 6.24. The van der Waals surface area contributed by atoms with E-state index >= 15 is 0 Å². The molecular formula is C14H24N2O2. The van der Waals surface area contributed by atoms with Crippen molar-refractivity contribution in [3.63, 3.8) is 0 Å². The summed E-state index contributed by atoms with van der Waals surface area (Å²) in [5.74, 6) is 1.52. The van der Waals surface area contributed by atoms with Crippen LogP contribution in [0.2, 0.25) is 0 Å². The molecule has 0 spiro atoms. The second kappa shape index (κ2) is 6.07.